The number of nitrogens with one attached hydrogen (secondary N) is 1. The molecule has 21 heavy (non-hydrogen) atoms. The molecule has 2 heterocycles. The molecule has 2 atom stereocenters. The minimum atomic E-state index is -0.461. The first-order valence-corrected chi connectivity index (χ1v) is 7.47. The second-order valence-electron chi connectivity index (χ2n) is 5.71. The number of benzene rings is 1. The van der Waals surface area contributed by atoms with E-state index in [-0.39, 0.29) is 23.3 Å². The van der Waals surface area contributed by atoms with E-state index in [0.29, 0.717) is 17.4 Å². The molecule has 6 heteroatoms. The summed E-state index contributed by atoms with van der Waals surface area (Å²) in [6.45, 7) is 3.60. The largest absolute Gasteiger partial charge is 0.339 e. The Morgan fingerprint density at radius 1 is 1.19 bits per heavy atom. The van der Waals surface area contributed by atoms with Crippen LogP contribution in [0.3, 0.4) is 0 Å². The fourth-order valence-electron chi connectivity index (χ4n) is 3.28. The first kappa shape index (κ1) is 16.5. The van der Waals surface area contributed by atoms with Crippen molar-refractivity contribution in [1.82, 2.24) is 10.2 Å². The maximum absolute atomic E-state index is 13.4. The van der Waals surface area contributed by atoms with Gasteiger partial charge in [-0.3, -0.25) is 4.79 Å². The molecule has 3 nitrogen and oxygen atoms in total. The van der Waals surface area contributed by atoms with Crippen LogP contribution in [0, 0.1) is 17.7 Å². The first-order chi connectivity index (χ1) is 9.63. The van der Waals surface area contributed by atoms with E-state index in [2.05, 4.69) is 5.32 Å². The molecule has 2 aliphatic rings. The van der Waals surface area contributed by atoms with Gasteiger partial charge in [0.15, 0.2) is 0 Å². The Bertz CT molecular complexity index is 492. The van der Waals surface area contributed by atoms with Gasteiger partial charge in [-0.05, 0) is 56.0 Å². The summed E-state index contributed by atoms with van der Waals surface area (Å²) in [6.07, 6.45) is 2.04. The Hall–Kier alpha value is -0.840. The molecule has 0 aliphatic carbocycles. The molecular weight excluding hydrogens is 314 g/mol. The number of halogens is 3. The molecule has 1 aromatic carbocycles. The summed E-state index contributed by atoms with van der Waals surface area (Å²) in [5.41, 5.74) is 0.347. The van der Waals surface area contributed by atoms with Crippen LogP contribution in [0.1, 0.15) is 23.2 Å². The maximum atomic E-state index is 13.4. The number of fused-ring (bicyclic) bond motifs is 1. The molecule has 116 valence electrons. The number of rotatable bonds is 1. The molecule has 0 aromatic heterocycles. The molecular formula is C15H19Cl2FN2O. The summed E-state index contributed by atoms with van der Waals surface area (Å²) >= 11 is 5.82. The highest BCUT2D eigenvalue weighted by atomic mass is 35.5. The molecule has 2 aliphatic heterocycles. The average molecular weight is 333 g/mol. The van der Waals surface area contributed by atoms with Gasteiger partial charge < -0.3 is 10.2 Å². The second kappa shape index (κ2) is 6.95. The number of hydrogen-bond acceptors (Lipinski definition) is 2. The van der Waals surface area contributed by atoms with E-state index in [1.165, 1.54) is 12.1 Å². The Kier molecular flexibility index (Phi) is 5.47. The van der Waals surface area contributed by atoms with E-state index in [0.717, 1.165) is 39.0 Å². The van der Waals surface area contributed by atoms with Crippen LogP contribution in [0.5, 0.6) is 0 Å². The van der Waals surface area contributed by atoms with Crippen LogP contribution in [-0.4, -0.2) is 37.0 Å². The van der Waals surface area contributed by atoms with Gasteiger partial charge >= 0.3 is 0 Å². The smallest absolute Gasteiger partial charge is 0.254 e. The van der Waals surface area contributed by atoms with Gasteiger partial charge in [0.25, 0.3) is 5.91 Å². The zero-order chi connectivity index (χ0) is 14.1. The lowest BCUT2D eigenvalue weighted by Gasteiger charge is -2.21. The summed E-state index contributed by atoms with van der Waals surface area (Å²) in [4.78, 5) is 14.3. The van der Waals surface area contributed by atoms with Crippen molar-refractivity contribution in [2.75, 3.05) is 26.2 Å². The fraction of sp³-hybridized carbons (Fsp3) is 0.533. The molecule has 1 aromatic rings. The van der Waals surface area contributed by atoms with Crippen molar-refractivity contribution in [1.29, 1.82) is 0 Å². The molecule has 1 N–H and O–H groups in total. The van der Waals surface area contributed by atoms with Crippen molar-refractivity contribution in [2.45, 2.75) is 12.8 Å². The SMILES string of the molecule is Cl.O=C(c1cc(F)cc(Cl)c1)N1CC[C@@H]2CNC[C@@H]2CC1. The topological polar surface area (TPSA) is 32.3 Å². The second-order valence-corrected chi connectivity index (χ2v) is 6.14. The first-order valence-electron chi connectivity index (χ1n) is 7.09. The third kappa shape index (κ3) is 3.68. The van der Waals surface area contributed by atoms with Crippen molar-refractivity contribution >= 4 is 29.9 Å². The van der Waals surface area contributed by atoms with Crippen molar-refractivity contribution < 1.29 is 9.18 Å². The molecule has 0 bridgehead atoms. The van der Waals surface area contributed by atoms with Gasteiger partial charge in [0.1, 0.15) is 5.82 Å². The Morgan fingerprint density at radius 2 is 1.81 bits per heavy atom. The Balaban J connectivity index is 0.00000161. The van der Waals surface area contributed by atoms with Gasteiger partial charge in [-0.25, -0.2) is 4.39 Å². The van der Waals surface area contributed by atoms with Gasteiger partial charge in [-0.15, -0.1) is 12.4 Å². The maximum Gasteiger partial charge on any atom is 0.254 e. The molecule has 0 unspecified atom stereocenters. The molecule has 0 radical (unpaired) electrons. The molecule has 0 saturated carbocycles. The van der Waals surface area contributed by atoms with Gasteiger partial charge in [-0.1, -0.05) is 11.6 Å². The average Bonchev–Trinajstić information content (AvgIpc) is 2.76. The van der Waals surface area contributed by atoms with E-state index < -0.39 is 5.82 Å². The van der Waals surface area contributed by atoms with E-state index in [1.54, 1.807) is 6.07 Å². The van der Waals surface area contributed by atoms with Crippen molar-refractivity contribution in [3.05, 3.63) is 34.6 Å². The lowest BCUT2D eigenvalue weighted by Crippen LogP contribution is -2.32. The summed E-state index contributed by atoms with van der Waals surface area (Å²) in [5, 5.41) is 3.68. The third-order valence-corrected chi connectivity index (χ3v) is 4.63. The van der Waals surface area contributed by atoms with Crippen LogP contribution in [0.2, 0.25) is 5.02 Å². The Labute approximate surface area is 135 Å². The summed E-state index contributed by atoms with van der Waals surface area (Å²) in [5.74, 6) is 0.767. The predicted octanol–water partition coefficient (Wildman–Crippen LogP) is 2.97. The highest BCUT2D eigenvalue weighted by molar-refractivity contribution is 6.31. The standard InChI is InChI=1S/C15H18ClFN2O.ClH/c16-13-5-12(6-14(17)7-13)15(20)19-3-1-10-8-18-9-11(10)2-4-19;/h5-7,10-11,18H,1-4,8-9H2;1H/t10-,11+;. The lowest BCUT2D eigenvalue weighted by atomic mass is 9.92. The molecule has 1 amide bonds. The van der Waals surface area contributed by atoms with E-state index in [9.17, 15) is 9.18 Å². The van der Waals surface area contributed by atoms with Gasteiger partial charge in [0, 0.05) is 23.7 Å². The number of carbonyl (C=O) groups excluding carboxylic acids is 1. The number of hydrogen-bond donors (Lipinski definition) is 1. The van der Waals surface area contributed by atoms with Crippen LogP contribution >= 0.6 is 24.0 Å². The predicted molar refractivity (Wildman–Crippen MR) is 83.6 cm³/mol. The number of carbonyl (C=O) groups is 1. The quantitative estimate of drug-likeness (QED) is 0.857. The lowest BCUT2D eigenvalue weighted by molar-refractivity contribution is 0.0758. The molecule has 2 fully saturated rings. The summed E-state index contributed by atoms with van der Waals surface area (Å²) in [6, 6.07) is 4.03. The zero-order valence-electron chi connectivity index (χ0n) is 11.6. The van der Waals surface area contributed by atoms with Crippen molar-refractivity contribution in [3.63, 3.8) is 0 Å². The fourth-order valence-corrected chi connectivity index (χ4v) is 3.50. The van der Waals surface area contributed by atoms with Crippen LogP contribution in [-0.2, 0) is 0 Å². The molecule has 2 saturated heterocycles. The highest BCUT2D eigenvalue weighted by Gasteiger charge is 2.31. The van der Waals surface area contributed by atoms with Gasteiger partial charge in [0.2, 0.25) is 0 Å². The normalized spacial score (nSPS) is 25.0. The zero-order valence-corrected chi connectivity index (χ0v) is 13.2. The monoisotopic (exact) mass is 332 g/mol. The minimum Gasteiger partial charge on any atom is -0.339 e. The van der Waals surface area contributed by atoms with Crippen molar-refractivity contribution in [2.24, 2.45) is 11.8 Å². The third-order valence-electron chi connectivity index (χ3n) is 4.42. The minimum absolute atomic E-state index is 0. The number of likely N-dealkylation sites (tertiary alicyclic amines) is 1. The highest BCUT2D eigenvalue weighted by Crippen LogP contribution is 2.28. The Morgan fingerprint density at radius 3 is 2.38 bits per heavy atom. The van der Waals surface area contributed by atoms with Crippen molar-refractivity contribution in [3.8, 4) is 0 Å². The van der Waals surface area contributed by atoms with E-state index in [4.69, 9.17) is 11.6 Å². The van der Waals surface area contributed by atoms with E-state index >= 15 is 0 Å². The summed E-state index contributed by atoms with van der Waals surface area (Å²) in [7, 11) is 0. The van der Waals surface area contributed by atoms with Gasteiger partial charge in [-0.2, -0.15) is 0 Å². The number of amides is 1. The van der Waals surface area contributed by atoms with Gasteiger partial charge in [0.05, 0.1) is 0 Å². The number of nitrogens with zero attached hydrogens (tertiary/aromatic N) is 1. The van der Waals surface area contributed by atoms with Crippen LogP contribution in [0.4, 0.5) is 4.39 Å². The molecule has 0 spiro atoms. The molecule has 3 rings (SSSR count). The van der Waals surface area contributed by atoms with Crippen LogP contribution < -0.4 is 5.32 Å². The van der Waals surface area contributed by atoms with Crippen LogP contribution in [0.25, 0.3) is 0 Å². The summed E-state index contributed by atoms with van der Waals surface area (Å²) < 4.78 is 13.4. The van der Waals surface area contributed by atoms with Crippen LogP contribution in [0.15, 0.2) is 18.2 Å². The van der Waals surface area contributed by atoms with E-state index in [1.807, 2.05) is 4.90 Å².